The zero-order chi connectivity index (χ0) is 21.6. The highest BCUT2D eigenvalue weighted by Gasteiger charge is 2.60. The zero-order valence-corrected chi connectivity index (χ0v) is 19.1. The summed E-state index contributed by atoms with van der Waals surface area (Å²) < 4.78 is 5.36. The van der Waals surface area contributed by atoms with Gasteiger partial charge >= 0.3 is 5.97 Å². The average Bonchev–Trinajstić information content (AvgIpc) is 2.63. The summed E-state index contributed by atoms with van der Waals surface area (Å²) in [6.45, 7) is 10.0. The van der Waals surface area contributed by atoms with Crippen LogP contribution in [0.3, 0.4) is 0 Å². The maximum absolute atomic E-state index is 12.3. The molecule has 0 aromatic carbocycles. The number of ether oxygens (including phenoxy) is 1. The van der Waals surface area contributed by atoms with E-state index in [1.165, 1.54) is 0 Å². The molecule has 29 heavy (non-hydrogen) atoms. The molecule has 3 aliphatic rings. The van der Waals surface area contributed by atoms with E-state index in [9.17, 15) is 15.0 Å². The van der Waals surface area contributed by atoms with Gasteiger partial charge in [-0.3, -0.25) is 0 Å². The summed E-state index contributed by atoms with van der Waals surface area (Å²) in [6.07, 6.45) is 5.51. The molecule has 3 rings (SSSR count). The minimum Gasteiger partial charge on any atom is -0.461 e. The fourth-order valence-electron chi connectivity index (χ4n) is 6.93. The van der Waals surface area contributed by atoms with Gasteiger partial charge in [-0.2, -0.15) is 0 Å². The van der Waals surface area contributed by atoms with Gasteiger partial charge in [-0.05, 0) is 80.7 Å². The number of likely N-dealkylation sites (N-methyl/N-ethyl adjacent to an activating group) is 1. The molecular formula is C24H41NO4. The average molecular weight is 408 g/mol. The van der Waals surface area contributed by atoms with E-state index in [0.29, 0.717) is 18.4 Å². The van der Waals surface area contributed by atoms with Crippen LogP contribution in [0.15, 0.2) is 11.6 Å². The third kappa shape index (κ3) is 4.15. The van der Waals surface area contributed by atoms with Gasteiger partial charge in [0.05, 0.1) is 12.2 Å². The van der Waals surface area contributed by atoms with Gasteiger partial charge in [0.2, 0.25) is 0 Å². The molecule has 3 aliphatic carbocycles. The number of hydrogen-bond donors (Lipinski definition) is 2. The van der Waals surface area contributed by atoms with Crippen LogP contribution < -0.4 is 0 Å². The maximum atomic E-state index is 12.3. The van der Waals surface area contributed by atoms with Crippen molar-refractivity contribution in [2.45, 2.75) is 72.0 Å². The number of nitrogens with zero attached hydrogens (tertiary/aromatic N) is 1. The second-order valence-electron chi connectivity index (χ2n) is 10.9. The standard InChI is InChI=1S/C24H41NO4/c1-15-16(13-21(28)29-12-11-25(5)6)7-8-17-22(15)18(26)14-19-23(2,3)20(27)9-10-24(17,19)4/h13,15,17-20,22,26-27H,7-12,14H2,1-6H3/b16-13+/t15-,17+,18-,19-,20-,22+,24+/m0/s1. The van der Waals surface area contributed by atoms with Crippen LogP contribution in [0.25, 0.3) is 0 Å². The molecule has 166 valence electrons. The van der Waals surface area contributed by atoms with Crippen molar-refractivity contribution in [3.05, 3.63) is 11.6 Å². The Balaban J connectivity index is 1.77. The maximum Gasteiger partial charge on any atom is 0.330 e. The Labute approximate surface area is 176 Å². The van der Waals surface area contributed by atoms with Gasteiger partial charge in [-0.25, -0.2) is 4.79 Å². The van der Waals surface area contributed by atoms with E-state index < -0.39 is 0 Å². The van der Waals surface area contributed by atoms with E-state index in [2.05, 4.69) is 27.7 Å². The van der Waals surface area contributed by atoms with Crippen LogP contribution >= 0.6 is 0 Å². The van der Waals surface area contributed by atoms with Crippen LogP contribution in [0.4, 0.5) is 0 Å². The van der Waals surface area contributed by atoms with E-state index in [1.807, 2.05) is 19.0 Å². The van der Waals surface area contributed by atoms with Gasteiger partial charge in [0.15, 0.2) is 0 Å². The van der Waals surface area contributed by atoms with Crippen molar-refractivity contribution >= 4 is 5.97 Å². The summed E-state index contributed by atoms with van der Waals surface area (Å²) >= 11 is 0. The van der Waals surface area contributed by atoms with E-state index in [-0.39, 0.29) is 40.8 Å². The van der Waals surface area contributed by atoms with Crippen LogP contribution in [-0.2, 0) is 9.53 Å². The molecule has 0 heterocycles. The van der Waals surface area contributed by atoms with Crippen LogP contribution in [-0.4, -0.2) is 60.5 Å². The van der Waals surface area contributed by atoms with E-state index in [0.717, 1.165) is 44.2 Å². The summed E-state index contributed by atoms with van der Waals surface area (Å²) in [7, 11) is 3.92. The number of aliphatic hydroxyl groups excluding tert-OH is 2. The highest BCUT2D eigenvalue weighted by molar-refractivity contribution is 5.83. The molecule has 3 fully saturated rings. The number of carbonyl (C=O) groups is 1. The lowest BCUT2D eigenvalue weighted by atomic mass is 9.42. The first kappa shape index (κ1) is 22.8. The number of esters is 1. The third-order valence-electron chi connectivity index (χ3n) is 8.73. The second-order valence-corrected chi connectivity index (χ2v) is 10.9. The molecule has 0 aromatic heterocycles. The summed E-state index contributed by atoms with van der Waals surface area (Å²) in [5.41, 5.74) is 1.09. The quantitative estimate of drug-likeness (QED) is 0.553. The molecule has 0 aromatic rings. The number of allylic oxidation sites excluding steroid dienone is 1. The van der Waals surface area contributed by atoms with Gasteiger partial charge < -0.3 is 19.8 Å². The van der Waals surface area contributed by atoms with Gasteiger partial charge in [0, 0.05) is 12.6 Å². The summed E-state index contributed by atoms with van der Waals surface area (Å²) in [6, 6.07) is 0. The summed E-state index contributed by atoms with van der Waals surface area (Å²) in [4.78, 5) is 14.3. The summed E-state index contributed by atoms with van der Waals surface area (Å²) in [5, 5.41) is 21.8. The molecule has 0 unspecified atom stereocenters. The molecule has 5 nitrogen and oxygen atoms in total. The normalized spacial score (nSPS) is 43.0. The summed E-state index contributed by atoms with van der Waals surface area (Å²) in [5.74, 6) is 0.849. The fourth-order valence-corrected chi connectivity index (χ4v) is 6.93. The molecular weight excluding hydrogens is 366 g/mol. The van der Waals surface area contributed by atoms with Crippen molar-refractivity contribution in [2.24, 2.45) is 34.5 Å². The molecule has 3 saturated carbocycles. The van der Waals surface area contributed by atoms with Gasteiger partial charge in [-0.15, -0.1) is 0 Å². The van der Waals surface area contributed by atoms with Crippen molar-refractivity contribution in [3.8, 4) is 0 Å². The fraction of sp³-hybridized carbons (Fsp3) is 0.875. The molecule has 0 aliphatic heterocycles. The van der Waals surface area contributed by atoms with Crippen LogP contribution in [0.1, 0.15) is 59.8 Å². The Morgan fingerprint density at radius 3 is 2.59 bits per heavy atom. The second kappa shape index (κ2) is 8.32. The Bertz CT molecular complexity index is 643. The Hall–Kier alpha value is -0.910. The van der Waals surface area contributed by atoms with E-state index in [1.54, 1.807) is 6.08 Å². The van der Waals surface area contributed by atoms with Crippen molar-refractivity contribution < 1.29 is 19.7 Å². The zero-order valence-electron chi connectivity index (χ0n) is 19.1. The lowest BCUT2D eigenvalue weighted by molar-refractivity contribution is -0.190. The lowest BCUT2D eigenvalue weighted by Gasteiger charge is -2.64. The van der Waals surface area contributed by atoms with E-state index >= 15 is 0 Å². The van der Waals surface area contributed by atoms with Crippen molar-refractivity contribution in [3.63, 3.8) is 0 Å². The number of carbonyl (C=O) groups excluding carboxylic acids is 1. The largest absolute Gasteiger partial charge is 0.461 e. The first-order valence-corrected chi connectivity index (χ1v) is 11.4. The van der Waals surface area contributed by atoms with Gasteiger partial charge in [0.25, 0.3) is 0 Å². The predicted molar refractivity (Wildman–Crippen MR) is 114 cm³/mol. The minimum atomic E-state index is -0.383. The minimum absolute atomic E-state index is 0.138. The molecule has 0 saturated heterocycles. The SMILES string of the molecule is C[C@H]1/C(=C/C(=O)OCCN(C)C)CC[C@@H]2[C@@H]1[C@@H](O)C[C@H]1C(C)(C)[C@@H](O)CC[C@]21C. The Kier molecular flexibility index (Phi) is 6.53. The van der Waals surface area contributed by atoms with Gasteiger partial charge in [-0.1, -0.05) is 33.3 Å². The highest BCUT2D eigenvalue weighted by atomic mass is 16.5. The first-order valence-electron chi connectivity index (χ1n) is 11.4. The number of aliphatic hydroxyl groups is 2. The monoisotopic (exact) mass is 407 g/mol. The molecule has 5 heteroatoms. The first-order chi connectivity index (χ1) is 13.5. The number of hydrogen-bond acceptors (Lipinski definition) is 5. The number of rotatable bonds is 4. The third-order valence-corrected chi connectivity index (χ3v) is 8.73. The smallest absolute Gasteiger partial charge is 0.330 e. The molecule has 7 atom stereocenters. The lowest BCUT2D eigenvalue weighted by Crippen LogP contribution is -2.61. The van der Waals surface area contributed by atoms with Crippen molar-refractivity contribution in [1.82, 2.24) is 4.90 Å². The molecule has 0 bridgehead atoms. The molecule has 0 spiro atoms. The Morgan fingerprint density at radius 2 is 1.93 bits per heavy atom. The van der Waals surface area contributed by atoms with E-state index in [4.69, 9.17) is 4.74 Å². The van der Waals surface area contributed by atoms with Crippen LogP contribution in [0.5, 0.6) is 0 Å². The predicted octanol–water partition coefficient (Wildman–Crippen LogP) is 3.25. The Morgan fingerprint density at radius 1 is 1.24 bits per heavy atom. The van der Waals surface area contributed by atoms with Crippen LogP contribution in [0.2, 0.25) is 0 Å². The van der Waals surface area contributed by atoms with Crippen molar-refractivity contribution in [2.75, 3.05) is 27.2 Å². The van der Waals surface area contributed by atoms with Crippen LogP contribution in [0, 0.1) is 34.5 Å². The molecule has 0 amide bonds. The molecule has 2 N–H and O–H groups in total. The number of fused-ring (bicyclic) bond motifs is 3. The van der Waals surface area contributed by atoms with Gasteiger partial charge in [0.1, 0.15) is 6.61 Å². The highest BCUT2D eigenvalue weighted by Crippen LogP contribution is 2.64. The van der Waals surface area contributed by atoms with Crippen molar-refractivity contribution in [1.29, 1.82) is 0 Å². The topological polar surface area (TPSA) is 70.0 Å². The molecule has 0 radical (unpaired) electrons.